The Morgan fingerprint density at radius 2 is 1.88 bits per heavy atom. The van der Waals surface area contributed by atoms with Gasteiger partial charge in [0.15, 0.2) is 0 Å². The summed E-state index contributed by atoms with van der Waals surface area (Å²) in [6, 6.07) is 1.38. The smallest absolute Gasteiger partial charge is 0.350 e. The van der Waals surface area contributed by atoms with Gasteiger partial charge in [-0.3, -0.25) is 4.79 Å². The summed E-state index contributed by atoms with van der Waals surface area (Å²) < 4.78 is 4.87. The molecule has 0 saturated carbocycles. The number of likely N-dealkylation sites (N-methyl/N-ethyl adjacent to an activating group) is 1. The lowest BCUT2D eigenvalue weighted by molar-refractivity contribution is -0.130. The van der Waals surface area contributed by atoms with E-state index in [1.54, 1.807) is 19.0 Å². The van der Waals surface area contributed by atoms with E-state index in [4.69, 9.17) is 4.74 Å². The van der Waals surface area contributed by atoms with Crippen LogP contribution in [0, 0.1) is 23.2 Å². The number of carbonyl (C=O) groups is 2. The highest BCUT2D eigenvalue weighted by Crippen LogP contribution is 2.29. The monoisotopic (exact) mass is 364 g/mol. The number of nitrogens with one attached hydrogen (secondary N) is 1. The van der Waals surface area contributed by atoms with Crippen LogP contribution in [0.5, 0.6) is 0 Å². The Hall–Kier alpha value is -2.00. The van der Waals surface area contributed by atoms with Crippen LogP contribution in [-0.2, 0) is 9.53 Å². The molecule has 1 aromatic heterocycles. The number of nitrogens with zero attached hydrogens (tertiary/aromatic N) is 1. The van der Waals surface area contributed by atoms with E-state index in [0.29, 0.717) is 10.6 Å². The summed E-state index contributed by atoms with van der Waals surface area (Å²) in [5, 5.41) is 3.21. The van der Waals surface area contributed by atoms with Crippen LogP contribution < -0.4 is 5.32 Å². The molecule has 0 saturated heterocycles. The lowest BCUT2D eigenvalue weighted by Gasteiger charge is -2.25. The molecule has 138 valence electrons. The lowest BCUT2D eigenvalue weighted by Crippen LogP contribution is -2.42. The minimum atomic E-state index is -0.434. The molecule has 1 N–H and O–H groups in total. The maximum absolute atomic E-state index is 12.4. The molecule has 0 aliphatic heterocycles. The van der Waals surface area contributed by atoms with Gasteiger partial charge in [0.25, 0.3) is 0 Å². The second-order valence-electron chi connectivity index (χ2n) is 7.44. The first-order chi connectivity index (χ1) is 11.5. The van der Waals surface area contributed by atoms with Crippen molar-refractivity contribution in [1.82, 2.24) is 4.90 Å². The number of hydrogen-bond donors (Lipinski definition) is 1. The van der Waals surface area contributed by atoms with Gasteiger partial charge in [-0.2, -0.15) is 0 Å². The maximum Gasteiger partial charge on any atom is 0.350 e. The van der Waals surface area contributed by atoms with Crippen molar-refractivity contribution >= 4 is 28.9 Å². The minimum absolute atomic E-state index is 0.0423. The Morgan fingerprint density at radius 1 is 1.28 bits per heavy atom. The first-order valence-electron chi connectivity index (χ1n) is 8.19. The van der Waals surface area contributed by atoms with Gasteiger partial charge in [-0.1, -0.05) is 25.7 Å². The fourth-order valence-corrected chi connectivity index (χ4v) is 2.91. The Morgan fingerprint density at radius 3 is 2.32 bits per heavy atom. The van der Waals surface area contributed by atoms with Gasteiger partial charge in [0.2, 0.25) is 5.91 Å². The van der Waals surface area contributed by atoms with Crippen molar-refractivity contribution in [3.8, 4) is 11.8 Å². The normalized spacial score (nSPS) is 12.2. The predicted molar refractivity (Wildman–Crippen MR) is 103 cm³/mol. The van der Waals surface area contributed by atoms with E-state index in [9.17, 15) is 9.59 Å². The molecule has 0 fully saturated rings. The molecule has 1 amide bonds. The molecule has 0 unspecified atom stereocenters. The SMILES string of the molecule is COC(=O)c1sc(C#CC(C)(C)C)cc1N[C@H](C(=O)N(C)C)C(C)C. The number of amides is 1. The Bertz CT molecular complexity index is 688. The van der Waals surface area contributed by atoms with E-state index in [-0.39, 0.29) is 17.2 Å². The first-order valence-corrected chi connectivity index (χ1v) is 9.01. The lowest BCUT2D eigenvalue weighted by atomic mass is 9.98. The molecule has 1 atom stereocenters. The van der Waals surface area contributed by atoms with Crippen molar-refractivity contribution in [3.05, 3.63) is 15.8 Å². The number of esters is 1. The molecular formula is C19H28N2O3S. The van der Waals surface area contributed by atoms with Gasteiger partial charge in [-0.25, -0.2) is 4.79 Å². The zero-order chi connectivity index (χ0) is 19.4. The van der Waals surface area contributed by atoms with Crippen LogP contribution in [0.1, 0.15) is 49.2 Å². The number of thiophene rings is 1. The fourth-order valence-electron chi connectivity index (χ4n) is 2.01. The van der Waals surface area contributed by atoms with Crippen LogP contribution >= 0.6 is 11.3 Å². The average molecular weight is 365 g/mol. The molecule has 0 radical (unpaired) electrons. The molecule has 0 spiro atoms. The molecule has 0 bridgehead atoms. The molecular weight excluding hydrogens is 336 g/mol. The van der Waals surface area contributed by atoms with E-state index in [2.05, 4.69) is 17.2 Å². The van der Waals surface area contributed by atoms with Gasteiger partial charge in [-0.05, 0) is 32.8 Å². The second kappa shape index (κ2) is 8.39. The van der Waals surface area contributed by atoms with Crippen LogP contribution in [0.3, 0.4) is 0 Å². The van der Waals surface area contributed by atoms with Gasteiger partial charge in [0, 0.05) is 19.5 Å². The Labute approximate surface area is 154 Å². The Balaban J connectivity index is 3.26. The van der Waals surface area contributed by atoms with Crippen LogP contribution in [0.4, 0.5) is 5.69 Å². The third-order valence-corrected chi connectivity index (χ3v) is 4.38. The molecule has 1 rings (SSSR count). The zero-order valence-corrected chi connectivity index (χ0v) is 17.1. The van der Waals surface area contributed by atoms with Gasteiger partial charge in [0.1, 0.15) is 10.9 Å². The molecule has 0 aliphatic rings. The van der Waals surface area contributed by atoms with Crippen molar-refractivity contribution in [2.75, 3.05) is 26.5 Å². The van der Waals surface area contributed by atoms with Gasteiger partial charge in [0.05, 0.1) is 17.7 Å². The molecule has 25 heavy (non-hydrogen) atoms. The van der Waals surface area contributed by atoms with E-state index in [1.165, 1.54) is 18.4 Å². The summed E-state index contributed by atoms with van der Waals surface area (Å²) in [5.74, 6) is 5.85. The third-order valence-electron chi connectivity index (χ3n) is 3.35. The topological polar surface area (TPSA) is 58.6 Å². The summed E-state index contributed by atoms with van der Waals surface area (Å²) in [6.07, 6.45) is 0. The third kappa shape index (κ3) is 6.09. The number of carbonyl (C=O) groups excluding carboxylic acids is 2. The standard InChI is InChI=1S/C19H28N2O3S/c1-12(2)15(17(22)21(6)7)20-14-11-13(9-10-19(3,4)5)25-16(14)18(23)24-8/h11-12,15,20H,1-8H3/t15-/m0/s1. The largest absolute Gasteiger partial charge is 0.465 e. The zero-order valence-electron chi connectivity index (χ0n) is 16.3. The number of anilines is 1. The highest BCUT2D eigenvalue weighted by Gasteiger charge is 2.26. The molecule has 0 aromatic carbocycles. The van der Waals surface area contributed by atoms with Crippen LogP contribution in [0.2, 0.25) is 0 Å². The highest BCUT2D eigenvalue weighted by molar-refractivity contribution is 7.15. The van der Waals surface area contributed by atoms with Gasteiger partial charge in [-0.15, -0.1) is 11.3 Å². The van der Waals surface area contributed by atoms with Crippen LogP contribution in [0.15, 0.2) is 6.07 Å². The summed E-state index contributed by atoms with van der Waals surface area (Å²) in [5.41, 5.74) is 0.452. The van der Waals surface area contributed by atoms with E-state index in [1.807, 2.05) is 40.7 Å². The molecule has 1 heterocycles. The van der Waals surface area contributed by atoms with Crippen molar-refractivity contribution in [2.24, 2.45) is 11.3 Å². The average Bonchev–Trinajstić information content (AvgIpc) is 2.91. The van der Waals surface area contributed by atoms with Crippen LogP contribution in [-0.4, -0.2) is 44.0 Å². The summed E-state index contributed by atoms with van der Waals surface area (Å²) in [6.45, 7) is 10.0. The fraction of sp³-hybridized carbons (Fsp3) is 0.579. The van der Waals surface area contributed by atoms with Gasteiger partial charge >= 0.3 is 5.97 Å². The van der Waals surface area contributed by atoms with Gasteiger partial charge < -0.3 is 15.0 Å². The summed E-state index contributed by atoms with van der Waals surface area (Å²) in [4.78, 5) is 27.3. The van der Waals surface area contributed by atoms with Crippen molar-refractivity contribution in [3.63, 3.8) is 0 Å². The van der Waals surface area contributed by atoms with Crippen LogP contribution in [0.25, 0.3) is 0 Å². The van der Waals surface area contributed by atoms with E-state index < -0.39 is 12.0 Å². The number of rotatable bonds is 5. The number of ether oxygens (including phenoxy) is 1. The molecule has 1 aromatic rings. The van der Waals surface area contributed by atoms with Crippen molar-refractivity contribution < 1.29 is 14.3 Å². The highest BCUT2D eigenvalue weighted by atomic mass is 32.1. The summed E-state index contributed by atoms with van der Waals surface area (Å²) >= 11 is 1.27. The quantitative estimate of drug-likeness (QED) is 0.642. The maximum atomic E-state index is 12.4. The predicted octanol–water partition coefficient (Wildman–Crippen LogP) is 3.46. The molecule has 5 nitrogen and oxygen atoms in total. The number of hydrogen-bond acceptors (Lipinski definition) is 5. The first kappa shape index (κ1) is 21.0. The van der Waals surface area contributed by atoms with Crippen molar-refractivity contribution in [1.29, 1.82) is 0 Å². The van der Waals surface area contributed by atoms with E-state index in [0.717, 1.165) is 4.88 Å². The van der Waals surface area contributed by atoms with E-state index >= 15 is 0 Å². The Kier molecular flexibility index (Phi) is 7.06. The van der Waals surface area contributed by atoms with Crippen molar-refractivity contribution in [2.45, 2.75) is 40.7 Å². The second-order valence-corrected chi connectivity index (χ2v) is 8.50. The minimum Gasteiger partial charge on any atom is -0.465 e. The number of methoxy groups -OCH3 is 1. The summed E-state index contributed by atoms with van der Waals surface area (Å²) in [7, 11) is 4.78. The molecule has 6 heteroatoms. The molecule has 0 aliphatic carbocycles.